The lowest BCUT2D eigenvalue weighted by molar-refractivity contribution is 0.846. The molecule has 0 N–H and O–H groups in total. The van der Waals surface area contributed by atoms with Crippen molar-refractivity contribution in [1.29, 1.82) is 0 Å². The van der Waals surface area contributed by atoms with Gasteiger partial charge in [0.25, 0.3) is 0 Å². The predicted molar refractivity (Wildman–Crippen MR) is 77.4 cm³/mol. The van der Waals surface area contributed by atoms with Gasteiger partial charge in [0.05, 0.1) is 19.8 Å². The van der Waals surface area contributed by atoms with E-state index >= 15 is 0 Å². The van der Waals surface area contributed by atoms with E-state index in [1.54, 1.807) is 17.8 Å². The van der Waals surface area contributed by atoms with Gasteiger partial charge in [-0.25, -0.2) is 0 Å². The standard InChI is InChI=1S/C12H6Cl4S/c13-8-4-1-3-7(10(8)15)11-6-2-5-9(14)12(11,16)17-11/h1-6H. The zero-order chi connectivity index (χ0) is 12.3. The minimum atomic E-state index is -0.627. The van der Waals surface area contributed by atoms with E-state index in [0.29, 0.717) is 15.1 Å². The monoisotopic (exact) mass is 322 g/mol. The van der Waals surface area contributed by atoms with Crippen molar-refractivity contribution in [3.8, 4) is 0 Å². The third-order valence-corrected chi connectivity index (χ3v) is 6.86. The zero-order valence-corrected chi connectivity index (χ0v) is 12.2. The minimum absolute atomic E-state index is 0.387. The Kier molecular flexibility index (Phi) is 2.78. The summed E-state index contributed by atoms with van der Waals surface area (Å²) in [5.74, 6) is 0. The van der Waals surface area contributed by atoms with Crippen LogP contribution in [0.1, 0.15) is 5.56 Å². The first-order chi connectivity index (χ1) is 8.01. The van der Waals surface area contributed by atoms with Gasteiger partial charge >= 0.3 is 0 Å². The van der Waals surface area contributed by atoms with Crippen LogP contribution in [0.4, 0.5) is 0 Å². The molecule has 5 heteroatoms. The Hall–Kier alpha value is 0.210. The van der Waals surface area contributed by atoms with Gasteiger partial charge in [-0.2, -0.15) is 0 Å². The lowest BCUT2D eigenvalue weighted by atomic mass is 9.92. The Morgan fingerprint density at radius 2 is 1.88 bits per heavy atom. The van der Waals surface area contributed by atoms with E-state index in [4.69, 9.17) is 46.4 Å². The first kappa shape index (κ1) is 12.3. The van der Waals surface area contributed by atoms with Crippen LogP contribution in [0.5, 0.6) is 0 Å². The van der Waals surface area contributed by atoms with E-state index in [0.717, 1.165) is 5.56 Å². The van der Waals surface area contributed by atoms with Gasteiger partial charge in [0.15, 0.2) is 0 Å². The first-order valence-corrected chi connectivity index (χ1v) is 7.23. The van der Waals surface area contributed by atoms with Gasteiger partial charge in [-0.3, -0.25) is 0 Å². The topological polar surface area (TPSA) is 0 Å². The van der Waals surface area contributed by atoms with Gasteiger partial charge < -0.3 is 0 Å². The van der Waals surface area contributed by atoms with Gasteiger partial charge in [-0.1, -0.05) is 70.7 Å². The van der Waals surface area contributed by atoms with Crippen LogP contribution in [0, 0.1) is 0 Å². The largest absolute Gasteiger partial charge is 0.149 e. The van der Waals surface area contributed by atoms with E-state index < -0.39 is 4.21 Å². The van der Waals surface area contributed by atoms with Crippen LogP contribution in [0.25, 0.3) is 0 Å². The van der Waals surface area contributed by atoms with Crippen molar-refractivity contribution in [3.63, 3.8) is 0 Å². The summed E-state index contributed by atoms with van der Waals surface area (Å²) in [5, 5.41) is 1.70. The van der Waals surface area contributed by atoms with Gasteiger partial charge in [0.1, 0.15) is 4.21 Å². The van der Waals surface area contributed by atoms with Crippen molar-refractivity contribution in [2.75, 3.05) is 0 Å². The Bertz CT molecular complexity index is 566. The maximum absolute atomic E-state index is 6.52. The third kappa shape index (κ3) is 1.53. The van der Waals surface area contributed by atoms with Crippen LogP contribution in [0.3, 0.4) is 0 Å². The average molecular weight is 324 g/mol. The molecule has 88 valence electrons. The van der Waals surface area contributed by atoms with E-state index in [1.165, 1.54) is 0 Å². The van der Waals surface area contributed by atoms with Crippen molar-refractivity contribution in [1.82, 2.24) is 0 Å². The molecular formula is C12H6Cl4S. The number of thioether (sulfide) groups is 1. The minimum Gasteiger partial charge on any atom is -0.112 e. The third-order valence-electron chi connectivity index (χ3n) is 2.97. The van der Waals surface area contributed by atoms with Crippen LogP contribution in [0.2, 0.25) is 10.0 Å². The van der Waals surface area contributed by atoms with E-state index in [-0.39, 0.29) is 4.75 Å². The van der Waals surface area contributed by atoms with Crippen LogP contribution in [-0.4, -0.2) is 4.21 Å². The number of fused-ring (bicyclic) bond motifs is 1. The lowest BCUT2D eigenvalue weighted by Gasteiger charge is -2.19. The van der Waals surface area contributed by atoms with E-state index in [2.05, 4.69) is 0 Å². The van der Waals surface area contributed by atoms with Crippen LogP contribution >= 0.6 is 58.2 Å². The average Bonchev–Trinajstić information content (AvgIpc) is 2.92. The highest BCUT2D eigenvalue weighted by Crippen LogP contribution is 2.78. The molecule has 2 unspecified atom stereocenters. The highest BCUT2D eigenvalue weighted by atomic mass is 35.5. The SMILES string of the molecule is ClC1=CC=CC2(c3cccc(Cl)c3Cl)SC12Cl. The Morgan fingerprint density at radius 3 is 2.65 bits per heavy atom. The quantitative estimate of drug-likeness (QED) is 0.481. The molecule has 1 saturated heterocycles. The molecule has 0 bridgehead atoms. The number of rotatable bonds is 1. The van der Waals surface area contributed by atoms with Crippen molar-refractivity contribution in [2.45, 2.75) is 8.95 Å². The number of allylic oxidation sites excluding steroid dienone is 2. The maximum Gasteiger partial charge on any atom is 0.149 e. The number of alkyl halides is 1. The summed E-state index contributed by atoms with van der Waals surface area (Å²) in [6, 6.07) is 5.57. The Morgan fingerprint density at radius 1 is 1.12 bits per heavy atom. The summed E-state index contributed by atoms with van der Waals surface area (Å²) in [6.07, 6.45) is 5.74. The summed E-state index contributed by atoms with van der Waals surface area (Å²) in [4.78, 5) is 0. The molecule has 0 radical (unpaired) electrons. The fourth-order valence-electron chi connectivity index (χ4n) is 2.05. The summed E-state index contributed by atoms with van der Waals surface area (Å²) < 4.78 is -1.01. The van der Waals surface area contributed by atoms with Crippen molar-refractivity contribution in [3.05, 3.63) is 57.1 Å². The predicted octanol–water partition coefficient (Wildman–Crippen LogP) is 5.56. The number of hydrogen-bond donors (Lipinski definition) is 0. The zero-order valence-electron chi connectivity index (χ0n) is 8.38. The van der Waals surface area contributed by atoms with Gasteiger partial charge in [0.2, 0.25) is 0 Å². The van der Waals surface area contributed by atoms with Crippen LogP contribution < -0.4 is 0 Å². The number of hydrogen-bond acceptors (Lipinski definition) is 1. The Labute approximate surface area is 124 Å². The molecule has 1 heterocycles. The lowest BCUT2D eigenvalue weighted by Crippen LogP contribution is -2.20. The molecule has 3 rings (SSSR count). The molecule has 2 aliphatic rings. The van der Waals surface area contributed by atoms with Crippen molar-refractivity contribution < 1.29 is 0 Å². The highest BCUT2D eigenvalue weighted by Gasteiger charge is 2.71. The van der Waals surface area contributed by atoms with E-state index in [9.17, 15) is 0 Å². The molecule has 1 aromatic rings. The molecule has 0 nitrogen and oxygen atoms in total. The maximum atomic E-state index is 6.52. The summed E-state index contributed by atoms with van der Waals surface area (Å²) in [6.45, 7) is 0. The van der Waals surface area contributed by atoms with Crippen LogP contribution in [0.15, 0.2) is 41.5 Å². The smallest absolute Gasteiger partial charge is 0.112 e. The second-order valence-corrected chi connectivity index (χ2v) is 7.35. The number of benzene rings is 1. The molecule has 1 aromatic carbocycles. The molecule has 1 aliphatic heterocycles. The molecule has 0 amide bonds. The highest BCUT2D eigenvalue weighted by molar-refractivity contribution is 8.11. The molecule has 0 aromatic heterocycles. The van der Waals surface area contributed by atoms with Gasteiger partial charge in [0, 0.05) is 0 Å². The number of halogens is 4. The molecule has 0 spiro atoms. The molecule has 17 heavy (non-hydrogen) atoms. The fraction of sp³-hybridized carbons (Fsp3) is 0.167. The summed E-state index contributed by atoms with van der Waals surface area (Å²) >= 11 is 26.5. The van der Waals surface area contributed by atoms with Crippen molar-refractivity contribution >= 4 is 58.2 Å². The second kappa shape index (κ2) is 3.85. The normalized spacial score (nSPS) is 34.2. The summed E-state index contributed by atoms with van der Waals surface area (Å²) in [5.41, 5.74) is 0.911. The molecule has 0 saturated carbocycles. The molecular weight excluding hydrogens is 318 g/mol. The first-order valence-electron chi connectivity index (χ1n) is 4.90. The molecule has 2 atom stereocenters. The Balaban J connectivity index is 2.17. The molecule has 1 aliphatic carbocycles. The van der Waals surface area contributed by atoms with Crippen LogP contribution in [-0.2, 0) is 4.75 Å². The fourth-order valence-corrected chi connectivity index (χ4v) is 4.81. The van der Waals surface area contributed by atoms with Crippen molar-refractivity contribution in [2.24, 2.45) is 0 Å². The van der Waals surface area contributed by atoms with E-state index in [1.807, 2.05) is 30.4 Å². The second-order valence-electron chi connectivity index (χ2n) is 3.91. The molecule has 1 fully saturated rings. The summed E-state index contributed by atoms with van der Waals surface area (Å²) in [7, 11) is 0. The van der Waals surface area contributed by atoms with Gasteiger partial charge in [-0.15, -0.1) is 11.8 Å². The van der Waals surface area contributed by atoms with Gasteiger partial charge in [-0.05, 0) is 17.7 Å².